The maximum Gasteiger partial charge on any atom is 0.336 e. The Hall–Kier alpha value is -6.26. The predicted molar refractivity (Wildman–Crippen MR) is 240 cm³/mol. The molecule has 1 aliphatic carbocycles. The summed E-state index contributed by atoms with van der Waals surface area (Å²) in [6.07, 6.45) is 0. The first-order chi connectivity index (χ1) is 27.6. The molecule has 2 aromatic heterocycles. The van der Waals surface area contributed by atoms with Crippen LogP contribution in [0.25, 0.3) is 66.4 Å². The smallest absolute Gasteiger partial charge is 0.336 e. The first-order valence-corrected chi connectivity index (χ1v) is 20.4. The molecule has 4 heterocycles. The van der Waals surface area contributed by atoms with Crippen molar-refractivity contribution < 1.29 is 4.42 Å². The number of fused-ring (bicyclic) bond motifs is 13. The Morgan fingerprint density at radius 1 is 0.667 bits per heavy atom. The Kier molecular flexibility index (Phi) is 6.47. The van der Waals surface area contributed by atoms with Gasteiger partial charge in [0.1, 0.15) is 5.58 Å². The fraction of sp³-hybridized carbons (Fsp3) is 0.170. The van der Waals surface area contributed by atoms with E-state index < -0.39 is 0 Å². The van der Waals surface area contributed by atoms with Crippen LogP contribution < -0.4 is 15.8 Å². The molecule has 0 saturated carbocycles. The van der Waals surface area contributed by atoms with Crippen molar-refractivity contribution in [3.8, 4) is 33.4 Å². The number of furan rings is 1. The van der Waals surface area contributed by atoms with Crippen LogP contribution in [0.1, 0.15) is 62.4 Å². The fourth-order valence-electron chi connectivity index (χ4n) is 10.8. The first kappa shape index (κ1) is 32.9. The first-order valence-electron chi connectivity index (χ1n) is 20.4. The second-order valence-corrected chi connectivity index (χ2v) is 18.2. The van der Waals surface area contributed by atoms with Crippen LogP contribution in [0.3, 0.4) is 0 Å². The summed E-state index contributed by atoms with van der Waals surface area (Å²) < 4.78 is 9.51. The van der Waals surface area contributed by atoms with Crippen molar-refractivity contribution >= 4 is 62.1 Å². The lowest BCUT2D eigenvalue weighted by Gasteiger charge is -2.42. The normalized spacial score (nSPS) is 14.6. The van der Waals surface area contributed by atoms with Crippen LogP contribution in [-0.4, -0.2) is 11.3 Å². The fourth-order valence-corrected chi connectivity index (χ4v) is 10.8. The third kappa shape index (κ3) is 4.33. The molecular formula is C53H43BN2O. The van der Waals surface area contributed by atoms with Gasteiger partial charge in [-0.05, 0) is 85.5 Å². The topological polar surface area (TPSA) is 21.3 Å². The molecule has 0 amide bonds. The standard InChI is InChI=1S/C53H43BN2O/c1-31-27-40-35-19-14-20-38-46-37-18-11-13-22-45(37)57-51(46)56(49(35)38)54-43-26-25-42-47(36-17-10-12-21-41(36)53(42,5)6)50(43)55(44(28-31)48(40)54)30-33-23-24-34(52(2,3)4)29-39(33)32-15-8-7-9-16-32/h7-29H,30H2,1-6H3. The maximum absolute atomic E-state index is 6.96. The van der Waals surface area contributed by atoms with E-state index in [9.17, 15) is 0 Å². The Morgan fingerprint density at radius 2 is 1.42 bits per heavy atom. The average molecular weight is 735 g/mol. The molecule has 0 N–H and O–H groups in total. The lowest BCUT2D eigenvalue weighted by atomic mass is 9.44. The largest absolute Gasteiger partial charge is 0.441 e. The minimum absolute atomic E-state index is 0.0240. The average Bonchev–Trinajstić information content (AvgIpc) is 3.83. The summed E-state index contributed by atoms with van der Waals surface area (Å²) in [5.74, 6) is 0. The van der Waals surface area contributed by atoms with Gasteiger partial charge in [0.05, 0.1) is 5.39 Å². The number of aromatic nitrogens is 1. The van der Waals surface area contributed by atoms with Crippen molar-refractivity contribution in [3.63, 3.8) is 0 Å². The van der Waals surface area contributed by atoms with Gasteiger partial charge in [0.2, 0.25) is 0 Å². The molecule has 0 unspecified atom stereocenters. The van der Waals surface area contributed by atoms with E-state index in [4.69, 9.17) is 4.42 Å². The van der Waals surface area contributed by atoms with Crippen molar-refractivity contribution in [2.24, 2.45) is 0 Å². The second kappa shape index (κ2) is 11.2. The number of rotatable bonds is 3. The van der Waals surface area contributed by atoms with Crippen LogP contribution in [0.2, 0.25) is 0 Å². The van der Waals surface area contributed by atoms with Crippen molar-refractivity contribution in [1.29, 1.82) is 0 Å². The molecule has 12 rings (SSSR count). The molecule has 3 nitrogen and oxygen atoms in total. The third-order valence-electron chi connectivity index (χ3n) is 13.5. The summed E-state index contributed by atoms with van der Waals surface area (Å²) in [5, 5.41) is 3.63. The Bertz CT molecular complexity index is 3190. The van der Waals surface area contributed by atoms with Crippen molar-refractivity contribution in [3.05, 3.63) is 167 Å². The summed E-state index contributed by atoms with van der Waals surface area (Å²) in [7, 11) is 0. The van der Waals surface area contributed by atoms with Gasteiger partial charge in [-0.15, -0.1) is 0 Å². The van der Waals surface area contributed by atoms with E-state index in [1.807, 2.05) is 0 Å². The molecule has 274 valence electrons. The van der Waals surface area contributed by atoms with Gasteiger partial charge in [0.15, 0.2) is 5.71 Å². The van der Waals surface area contributed by atoms with E-state index >= 15 is 0 Å². The van der Waals surface area contributed by atoms with E-state index in [1.54, 1.807) is 0 Å². The molecule has 3 aliphatic rings. The predicted octanol–water partition coefficient (Wildman–Crippen LogP) is 12.4. The molecule has 0 bridgehead atoms. The van der Waals surface area contributed by atoms with Crippen LogP contribution in [-0.2, 0) is 17.4 Å². The minimum Gasteiger partial charge on any atom is -0.441 e. The van der Waals surface area contributed by atoms with E-state index in [2.05, 4.69) is 190 Å². The highest BCUT2D eigenvalue weighted by molar-refractivity contribution is 6.90. The Balaban J connectivity index is 1.21. The lowest BCUT2D eigenvalue weighted by Crippen LogP contribution is -2.57. The molecule has 0 atom stereocenters. The van der Waals surface area contributed by atoms with Gasteiger partial charge in [0.25, 0.3) is 0 Å². The highest BCUT2D eigenvalue weighted by atomic mass is 16.3. The number of para-hydroxylation sites is 2. The van der Waals surface area contributed by atoms with E-state index in [0.717, 1.165) is 17.8 Å². The van der Waals surface area contributed by atoms with Gasteiger partial charge < -0.3 is 13.8 Å². The van der Waals surface area contributed by atoms with Crippen LogP contribution in [0.15, 0.2) is 144 Å². The molecule has 57 heavy (non-hydrogen) atoms. The third-order valence-corrected chi connectivity index (χ3v) is 13.5. The van der Waals surface area contributed by atoms with Crippen LogP contribution in [0.5, 0.6) is 0 Å². The zero-order chi connectivity index (χ0) is 38.5. The molecule has 4 heteroatoms. The monoisotopic (exact) mass is 734 g/mol. The zero-order valence-electron chi connectivity index (χ0n) is 33.4. The highest BCUT2D eigenvalue weighted by Crippen LogP contribution is 2.55. The van der Waals surface area contributed by atoms with Crippen molar-refractivity contribution in [2.75, 3.05) is 4.90 Å². The van der Waals surface area contributed by atoms with Crippen molar-refractivity contribution in [2.45, 2.75) is 58.9 Å². The number of hydrogen-bond acceptors (Lipinski definition) is 2. The molecule has 0 radical (unpaired) electrons. The zero-order valence-corrected chi connectivity index (χ0v) is 33.4. The molecule has 0 spiro atoms. The van der Waals surface area contributed by atoms with Gasteiger partial charge in [-0.2, -0.15) is 0 Å². The van der Waals surface area contributed by atoms with E-state index in [1.165, 1.54) is 105 Å². The van der Waals surface area contributed by atoms with Gasteiger partial charge >= 0.3 is 6.85 Å². The Morgan fingerprint density at radius 3 is 2.26 bits per heavy atom. The van der Waals surface area contributed by atoms with Crippen LogP contribution >= 0.6 is 0 Å². The summed E-state index contributed by atoms with van der Waals surface area (Å²) in [6.45, 7) is 14.7. The van der Waals surface area contributed by atoms with Gasteiger partial charge in [-0.3, -0.25) is 0 Å². The number of anilines is 2. The lowest BCUT2D eigenvalue weighted by molar-refractivity contribution is 0.590. The SMILES string of the molecule is Cc1cc2c3c(c1)N(Cc1ccc(C(C)(C)C)cc1-c1ccccc1)c1c(ccc4c1-c1ccccc1C4(C)C)B3n1c3oc4ccccc4c3c3cccc-2c31. The van der Waals surface area contributed by atoms with Gasteiger partial charge in [-0.25, -0.2) is 0 Å². The second-order valence-electron chi connectivity index (χ2n) is 18.2. The van der Waals surface area contributed by atoms with E-state index in [0.29, 0.717) is 0 Å². The van der Waals surface area contributed by atoms with Crippen LogP contribution in [0, 0.1) is 6.92 Å². The number of benzene rings is 7. The molecule has 0 saturated heterocycles. The summed E-state index contributed by atoms with van der Waals surface area (Å²) in [4.78, 5) is 2.69. The van der Waals surface area contributed by atoms with Crippen molar-refractivity contribution in [1.82, 2.24) is 4.48 Å². The Labute approximate surface area is 334 Å². The summed E-state index contributed by atoms with van der Waals surface area (Å²) >= 11 is 0. The molecule has 9 aromatic rings. The van der Waals surface area contributed by atoms with Gasteiger partial charge in [-0.1, -0.05) is 162 Å². The number of hydrogen-bond donors (Lipinski definition) is 0. The van der Waals surface area contributed by atoms with Gasteiger partial charge in [0, 0.05) is 50.8 Å². The molecule has 2 aliphatic heterocycles. The highest BCUT2D eigenvalue weighted by Gasteiger charge is 2.47. The minimum atomic E-state index is -0.139. The molecule has 7 aromatic carbocycles. The van der Waals surface area contributed by atoms with E-state index in [-0.39, 0.29) is 17.7 Å². The number of nitrogens with zero attached hydrogens (tertiary/aromatic N) is 2. The summed E-state index contributed by atoms with van der Waals surface area (Å²) in [6, 6.07) is 52.5. The molecular weight excluding hydrogens is 691 g/mol. The number of aryl methyl sites for hydroxylation is 1. The molecule has 0 fully saturated rings. The maximum atomic E-state index is 6.96. The quantitative estimate of drug-likeness (QED) is 0.169. The van der Waals surface area contributed by atoms with Crippen LogP contribution in [0.4, 0.5) is 11.4 Å². The summed E-state index contributed by atoms with van der Waals surface area (Å²) in [5.41, 5.74) is 22.8.